The van der Waals surface area contributed by atoms with Crippen molar-refractivity contribution in [2.45, 2.75) is 97.3 Å². The summed E-state index contributed by atoms with van der Waals surface area (Å²) in [4.78, 5) is 16.3. The SMILES string of the molecule is CCC[C@@H]1[C@@H](C2(C)CCC(=O)CC2)CC[C@]2(C)[C@@H](C3(Cn4ccnc4)OCCO3)CC[C@@H]12. The Hall–Kier alpha value is -1.20. The Morgan fingerprint density at radius 1 is 1.06 bits per heavy atom. The number of rotatable bonds is 6. The van der Waals surface area contributed by atoms with Gasteiger partial charge in [-0.25, -0.2) is 4.98 Å². The van der Waals surface area contributed by atoms with Gasteiger partial charge in [0.25, 0.3) is 0 Å². The quantitative estimate of drug-likeness (QED) is 0.572. The Morgan fingerprint density at radius 2 is 1.81 bits per heavy atom. The standard InChI is InChI=1S/C27H42N2O3/c1-4-5-21-22(25(2)11-8-20(30)9-12-25)10-13-26(3)23(21)6-7-24(26)27(31-16-17-32-27)18-29-15-14-28-19-29/h14-15,19,21-24H,4-13,16-18H2,1-3H3/t21-,22+,23+,24+,26+/m1/s1. The molecular weight excluding hydrogens is 400 g/mol. The van der Waals surface area contributed by atoms with Gasteiger partial charge in [-0.15, -0.1) is 0 Å². The minimum Gasteiger partial charge on any atom is -0.345 e. The van der Waals surface area contributed by atoms with Crippen molar-refractivity contribution in [2.75, 3.05) is 13.2 Å². The molecule has 32 heavy (non-hydrogen) atoms. The monoisotopic (exact) mass is 442 g/mol. The van der Waals surface area contributed by atoms with Crippen molar-refractivity contribution in [2.24, 2.45) is 34.5 Å². The van der Waals surface area contributed by atoms with Crippen LogP contribution in [0.1, 0.15) is 85.0 Å². The lowest BCUT2D eigenvalue weighted by molar-refractivity contribution is -0.234. The first-order chi connectivity index (χ1) is 15.4. The molecule has 0 radical (unpaired) electrons. The first-order valence-corrected chi connectivity index (χ1v) is 13.2. The molecule has 5 nitrogen and oxygen atoms in total. The van der Waals surface area contributed by atoms with Crippen LogP contribution in [-0.4, -0.2) is 34.3 Å². The number of carbonyl (C=O) groups is 1. The van der Waals surface area contributed by atoms with Gasteiger partial charge >= 0.3 is 0 Å². The van der Waals surface area contributed by atoms with E-state index in [2.05, 4.69) is 30.3 Å². The topological polar surface area (TPSA) is 53.4 Å². The minimum atomic E-state index is -0.519. The van der Waals surface area contributed by atoms with Crippen molar-refractivity contribution >= 4 is 5.78 Å². The zero-order valence-electron chi connectivity index (χ0n) is 20.4. The maximum absolute atomic E-state index is 12.0. The third-order valence-electron chi connectivity index (χ3n) is 10.2. The molecule has 2 heterocycles. The molecule has 0 aromatic carbocycles. The number of imidazole rings is 1. The lowest BCUT2D eigenvalue weighted by atomic mass is 9.50. The maximum atomic E-state index is 12.0. The number of nitrogens with zero attached hydrogens (tertiary/aromatic N) is 2. The van der Waals surface area contributed by atoms with E-state index >= 15 is 0 Å². The molecule has 4 aliphatic rings. The molecular formula is C27H42N2O3. The zero-order chi connectivity index (χ0) is 22.4. The summed E-state index contributed by atoms with van der Waals surface area (Å²) < 4.78 is 15.1. The van der Waals surface area contributed by atoms with Gasteiger partial charge in [-0.2, -0.15) is 0 Å². The van der Waals surface area contributed by atoms with E-state index in [0.29, 0.717) is 30.3 Å². The molecule has 1 aliphatic heterocycles. The van der Waals surface area contributed by atoms with Crippen LogP contribution in [0.2, 0.25) is 0 Å². The lowest BCUT2D eigenvalue weighted by Gasteiger charge is -2.56. The van der Waals surface area contributed by atoms with E-state index in [-0.39, 0.29) is 5.41 Å². The fourth-order valence-electron chi connectivity index (χ4n) is 8.59. The molecule has 0 bridgehead atoms. The predicted octanol–water partition coefficient (Wildman–Crippen LogP) is 5.63. The van der Waals surface area contributed by atoms with Crippen molar-refractivity contribution in [1.29, 1.82) is 0 Å². The predicted molar refractivity (Wildman–Crippen MR) is 124 cm³/mol. The van der Waals surface area contributed by atoms with Gasteiger partial charge in [0.15, 0.2) is 5.79 Å². The van der Waals surface area contributed by atoms with Crippen molar-refractivity contribution < 1.29 is 14.3 Å². The first-order valence-electron chi connectivity index (χ1n) is 13.2. The van der Waals surface area contributed by atoms with E-state index in [1.807, 2.05) is 18.7 Å². The number of ether oxygens (including phenoxy) is 2. The van der Waals surface area contributed by atoms with Crippen LogP contribution in [0.15, 0.2) is 18.7 Å². The highest BCUT2D eigenvalue weighted by molar-refractivity contribution is 5.79. The summed E-state index contributed by atoms with van der Waals surface area (Å²) in [5.74, 6) is 2.62. The normalized spacial score (nSPS) is 38.7. The van der Waals surface area contributed by atoms with Crippen LogP contribution in [0.5, 0.6) is 0 Å². The molecule has 1 aromatic rings. The molecule has 5 rings (SSSR count). The fourth-order valence-corrected chi connectivity index (χ4v) is 8.59. The third-order valence-corrected chi connectivity index (χ3v) is 10.2. The van der Waals surface area contributed by atoms with Crippen LogP contribution in [0.25, 0.3) is 0 Å². The second-order valence-corrected chi connectivity index (χ2v) is 11.8. The van der Waals surface area contributed by atoms with E-state index < -0.39 is 5.79 Å². The summed E-state index contributed by atoms with van der Waals surface area (Å²) in [5.41, 5.74) is 0.587. The van der Waals surface area contributed by atoms with Crippen molar-refractivity contribution in [3.8, 4) is 0 Å². The highest BCUT2D eigenvalue weighted by Gasteiger charge is 2.63. The highest BCUT2D eigenvalue weighted by Crippen LogP contribution is 2.66. The Labute approximate surface area is 193 Å². The molecule has 3 saturated carbocycles. The van der Waals surface area contributed by atoms with E-state index in [1.165, 1.54) is 38.5 Å². The van der Waals surface area contributed by atoms with Gasteiger partial charge in [0, 0.05) is 31.2 Å². The van der Waals surface area contributed by atoms with Gasteiger partial charge in [-0.3, -0.25) is 4.79 Å². The molecule has 178 valence electrons. The Morgan fingerprint density at radius 3 is 2.47 bits per heavy atom. The van der Waals surface area contributed by atoms with E-state index in [1.54, 1.807) is 0 Å². The smallest absolute Gasteiger partial charge is 0.189 e. The van der Waals surface area contributed by atoms with Crippen molar-refractivity contribution in [3.05, 3.63) is 18.7 Å². The van der Waals surface area contributed by atoms with E-state index in [0.717, 1.165) is 50.0 Å². The molecule has 0 spiro atoms. The van der Waals surface area contributed by atoms with Gasteiger partial charge in [-0.05, 0) is 67.1 Å². The molecule has 5 heteroatoms. The average molecular weight is 443 g/mol. The fraction of sp³-hybridized carbons (Fsp3) is 0.852. The molecule has 4 fully saturated rings. The Balaban J connectivity index is 1.42. The van der Waals surface area contributed by atoms with Gasteiger partial charge in [0.05, 0.1) is 26.1 Å². The average Bonchev–Trinajstić information content (AvgIpc) is 3.52. The van der Waals surface area contributed by atoms with Crippen LogP contribution < -0.4 is 0 Å². The minimum absolute atomic E-state index is 0.252. The number of carbonyl (C=O) groups excluding carboxylic acids is 1. The largest absolute Gasteiger partial charge is 0.345 e. The second kappa shape index (κ2) is 8.54. The number of hydrogen-bond acceptors (Lipinski definition) is 4. The van der Waals surface area contributed by atoms with Gasteiger partial charge < -0.3 is 14.0 Å². The molecule has 0 unspecified atom stereocenters. The van der Waals surface area contributed by atoms with Crippen LogP contribution in [0.3, 0.4) is 0 Å². The van der Waals surface area contributed by atoms with E-state index in [4.69, 9.17) is 9.47 Å². The maximum Gasteiger partial charge on any atom is 0.189 e. The van der Waals surface area contributed by atoms with Crippen LogP contribution in [0, 0.1) is 34.5 Å². The Bertz CT molecular complexity index is 790. The van der Waals surface area contributed by atoms with Crippen molar-refractivity contribution in [1.82, 2.24) is 9.55 Å². The van der Waals surface area contributed by atoms with Crippen LogP contribution in [0.4, 0.5) is 0 Å². The Kier molecular flexibility index (Phi) is 6.03. The van der Waals surface area contributed by atoms with Crippen LogP contribution >= 0.6 is 0 Å². The van der Waals surface area contributed by atoms with Crippen LogP contribution in [-0.2, 0) is 20.8 Å². The summed E-state index contributed by atoms with van der Waals surface area (Å²) in [6.07, 6.45) is 17.2. The molecule has 0 amide bonds. The van der Waals surface area contributed by atoms with E-state index in [9.17, 15) is 4.79 Å². The number of ketones is 1. The zero-order valence-corrected chi connectivity index (χ0v) is 20.4. The number of fused-ring (bicyclic) bond motifs is 1. The lowest BCUT2D eigenvalue weighted by Crippen LogP contribution is -2.53. The number of aromatic nitrogens is 2. The highest BCUT2D eigenvalue weighted by atomic mass is 16.7. The number of hydrogen-bond donors (Lipinski definition) is 0. The summed E-state index contributed by atoms with van der Waals surface area (Å²) >= 11 is 0. The summed E-state index contributed by atoms with van der Waals surface area (Å²) in [5, 5.41) is 0. The van der Waals surface area contributed by atoms with Gasteiger partial charge in [-0.1, -0.05) is 33.6 Å². The summed E-state index contributed by atoms with van der Waals surface area (Å²) in [6, 6.07) is 0. The second-order valence-electron chi connectivity index (χ2n) is 11.8. The molecule has 1 saturated heterocycles. The summed E-state index contributed by atoms with van der Waals surface area (Å²) in [7, 11) is 0. The first kappa shape index (κ1) is 22.6. The third kappa shape index (κ3) is 3.68. The van der Waals surface area contributed by atoms with Gasteiger partial charge in [0.2, 0.25) is 0 Å². The molecule has 1 aromatic heterocycles. The van der Waals surface area contributed by atoms with Gasteiger partial charge in [0.1, 0.15) is 5.78 Å². The van der Waals surface area contributed by atoms with Crippen molar-refractivity contribution in [3.63, 3.8) is 0 Å². The molecule has 0 N–H and O–H groups in total. The summed E-state index contributed by atoms with van der Waals surface area (Å²) in [6.45, 7) is 9.54. The molecule has 5 atom stereocenters. The number of Topliss-reactive ketones (excluding diaryl/α,β-unsaturated/α-hetero) is 1. The molecule has 3 aliphatic carbocycles.